The van der Waals surface area contributed by atoms with Crippen molar-refractivity contribution in [1.82, 2.24) is 10.2 Å². The number of benzene rings is 2. The van der Waals surface area contributed by atoms with Crippen LogP contribution in [0.4, 0.5) is 8.78 Å². The molecule has 0 spiro atoms. The van der Waals surface area contributed by atoms with Crippen molar-refractivity contribution in [2.75, 3.05) is 26.4 Å². The van der Waals surface area contributed by atoms with E-state index in [1.807, 2.05) is 24.3 Å². The molecule has 2 aromatic rings. The first-order chi connectivity index (χ1) is 15.0. The highest BCUT2D eigenvalue weighted by molar-refractivity contribution is 5.79. The van der Waals surface area contributed by atoms with Crippen LogP contribution in [0.25, 0.3) is 0 Å². The van der Waals surface area contributed by atoms with E-state index in [4.69, 9.17) is 4.74 Å². The largest absolute Gasteiger partial charge is 0.493 e. The van der Waals surface area contributed by atoms with Crippen molar-refractivity contribution in [3.05, 3.63) is 65.5 Å². The first-order valence-electron chi connectivity index (χ1n) is 11.0. The Morgan fingerprint density at radius 2 is 1.81 bits per heavy atom. The van der Waals surface area contributed by atoms with Crippen molar-refractivity contribution in [3.8, 4) is 5.75 Å². The molecule has 6 heteroatoms. The Morgan fingerprint density at radius 3 is 2.45 bits per heavy atom. The van der Waals surface area contributed by atoms with Gasteiger partial charge in [0.05, 0.1) is 19.7 Å². The van der Waals surface area contributed by atoms with Gasteiger partial charge in [-0.25, -0.2) is 4.39 Å². The van der Waals surface area contributed by atoms with Gasteiger partial charge in [0.2, 0.25) is 5.91 Å². The molecule has 1 aliphatic rings. The number of carbonyl (C=O) groups excluding carboxylic acids is 1. The van der Waals surface area contributed by atoms with Crippen LogP contribution >= 0.6 is 0 Å². The van der Waals surface area contributed by atoms with E-state index in [0.29, 0.717) is 32.0 Å². The highest BCUT2D eigenvalue weighted by atomic mass is 19.1. The molecule has 1 fully saturated rings. The van der Waals surface area contributed by atoms with Crippen LogP contribution in [0.2, 0.25) is 0 Å². The van der Waals surface area contributed by atoms with Gasteiger partial charge in [-0.3, -0.25) is 9.18 Å². The number of ether oxygens (including phenoxy) is 1. The molecule has 1 amide bonds. The van der Waals surface area contributed by atoms with Gasteiger partial charge in [0, 0.05) is 25.0 Å². The van der Waals surface area contributed by atoms with Gasteiger partial charge in [-0.15, -0.1) is 0 Å². The highest BCUT2D eigenvalue weighted by Crippen LogP contribution is 2.23. The zero-order chi connectivity index (χ0) is 22.2. The molecule has 1 N–H and O–H groups in total. The summed E-state index contributed by atoms with van der Waals surface area (Å²) in [7, 11) is 0. The number of hydrogen-bond donors (Lipinski definition) is 1. The van der Waals surface area contributed by atoms with Gasteiger partial charge in [-0.2, -0.15) is 0 Å². The molecule has 2 atom stereocenters. The number of halogens is 2. The lowest BCUT2D eigenvalue weighted by Gasteiger charge is -2.39. The van der Waals surface area contributed by atoms with Crippen LogP contribution in [0.1, 0.15) is 31.4 Å². The summed E-state index contributed by atoms with van der Waals surface area (Å²) in [5.74, 6) is 0.610. The van der Waals surface area contributed by atoms with Crippen molar-refractivity contribution < 1.29 is 18.3 Å². The Hall–Kier alpha value is -2.47. The van der Waals surface area contributed by atoms with E-state index in [0.717, 1.165) is 23.4 Å². The van der Waals surface area contributed by atoms with E-state index in [9.17, 15) is 13.6 Å². The summed E-state index contributed by atoms with van der Waals surface area (Å²) < 4.78 is 32.7. The van der Waals surface area contributed by atoms with Crippen LogP contribution < -0.4 is 10.1 Å². The second-order valence-electron chi connectivity index (χ2n) is 8.65. The van der Waals surface area contributed by atoms with Crippen molar-refractivity contribution in [2.45, 2.75) is 39.3 Å². The minimum Gasteiger partial charge on any atom is -0.493 e. The molecule has 0 unspecified atom stereocenters. The Morgan fingerprint density at radius 1 is 1.13 bits per heavy atom. The van der Waals surface area contributed by atoms with E-state index in [2.05, 4.69) is 19.2 Å². The van der Waals surface area contributed by atoms with Gasteiger partial charge in [0.15, 0.2) is 0 Å². The number of piperidine rings is 1. The zero-order valence-corrected chi connectivity index (χ0v) is 18.3. The minimum absolute atomic E-state index is 0.0504. The summed E-state index contributed by atoms with van der Waals surface area (Å²) in [6.07, 6.45) is 0.929. The average molecular weight is 431 g/mol. The smallest absolute Gasteiger partial charge is 0.227 e. The molecular weight excluding hydrogens is 398 g/mol. The molecule has 0 radical (unpaired) electrons. The van der Waals surface area contributed by atoms with Crippen molar-refractivity contribution in [3.63, 3.8) is 0 Å². The third kappa shape index (κ3) is 6.76. The molecule has 1 saturated heterocycles. The van der Waals surface area contributed by atoms with Gasteiger partial charge in [0.25, 0.3) is 0 Å². The predicted molar refractivity (Wildman–Crippen MR) is 118 cm³/mol. The summed E-state index contributed by atoms with van der Waals surface area (Å²) in [6.45, 7) is 5.99. The van der Waals surface area contributed by atoms with E-state index < -0.39 is 6.67 Å². The SMILES string of the molecule is CC(C)COc1ccc(CC(=O)N(Cc2ccc(F)cc2)[C@@H]2CCNC[C@@H]2CF)cc1. The normalized spacial score (nSPS) is 18.7. The molecule has 0 bridgehead atoms. The molecule has 3 rings (SSSR count). The number of nitrogens with one attached hydrogen (secondary N) is 1. The van der Waals surface area contributed by atoms with Crippen LogP contribution in [0.15, 0.2) is 48.5 Å². The third-order valence-electron chi connectivity index (χ3n) is 5.61. The number of amides is 1. The number of rotatable bonds is 9. The summed E-state index contributed by atoms with van der Waals surface area (Å²) in [4.78, 5) is 15.1. The van der Waals surface area contributed by atoms with E-state index >= 15 is 0 Å². The molecule has 31 heavy (non-hydrogen) atoms. The maximum atomic E-state index is 13.7. The van der Waals surface area contributed by atoms with Gasteiger partial charge < -0.3 is 15.0 Å². The fraction of sp³-hybridized carbons (Fsp3) is 0.480. The van der Waals surface area contributed by atoms with E-state index in [1.165, 1.54) is 12.1 Å². The van der Waals surface area contributed by atoms with Crippen LogP contribution in [-0.4, -0.2) is 43.2 Å². The van der Waals surface area contributed by atoms with Gasteiger partial charge in [-0.1, -0.05) is 38.1 Å². The number of nitrogens with zero attached hydrogens (tertiary/aromatic N) is 1. The van der Waals surface area contributed by atoms with Crippen LogP contribution in [0.5, 0.6) is 5.75 Å². The molecule has 4 nitrogen and oxygen atoms in total. The maximum Gasteiger partial charge on any atom is 0.227 e. The van der Waals surface area contributed by atoms with Gasteiger partial charge in [0.1, 0.15) is 11.6 Å². The molecular formula is C25H32F2N2O2. The first kappa shape index (κ1) is 23.2. The summed E-state index contributed by atoms with van der Waals surface area (Å²) >= 11 is 0. The predicted octanol–water partition coefficient (Wildman–Crippen LogP) is 4.38. The maximum absolute atomic E-state index is 13.7. The Labute approximate surface area is 183 Å². The Kier molecular flexibility index (Phi) is 8.41. The van der Waals surface area contributed by atoms with E-state index in [1.54, 1.807) is 17.0 Å². The molecule has 0 aromatic heterocycles. The quantitative estimate of drug-likeness (QED) is 0.642. The second kappa shape index (κ2) is 11.2. The van der Waals surface area contributed by atoms with Crippen LogP contribution in [0, 0.1) is 17.7 Å². The summed E-state index contributed by atoms with van der Waals surface area (Å²) in [5, 5.41) is 3.22. The Balaban J connectivity index is 1.74. The standard InChI is InChI=1S/C25H32F2N2O2/c1-18(2)17-31-23-9-5-19(6-10-23)13-25(30)29(16-20-3-7-22(27)8-4-20)24-11-12-28-15-21(24)14-26/h3-10,18,21,24,28H,11-17H2,1-2H3/t21-,24+/m0/s1. The molecule has 0 saturated carbocycles. The fourth-order valence-electron chi connectivity index (χ4n) is 3.90. The molecule has 168 valence electrons. The second-order valence-corrected chi connectivity index (χ2v) is 8.65. The number of hydrogen-bond acceptors (Lipinski definition) is 3. The van der Waals surface area contributed by atoms with Crippen molar-refractivity contribution in [2.24, 2.45) is 11.8 Å². The fourth-order valence-corrected chi connectivity index (χ4v) is 3.90. The lowest BCUT2D eigenvalue weighted by atomic mass is 9.92. The van der Waals surface area contributed by atoms with Crippen molar-refractivity contribution >= 4 is 5.91 Å². The zero-order valence-electron chi connectivity index (χ0n) is 18.3. The van der Waals surface area contributed by atoms with Gasteiger partial charge >= 0.3 is 0 Å². The monoisotopic (exact) mass is 430 g/mol. The highest BCUT2D eigenvalue weighted by Gasteiger charge is 2.33. The van der Waals surface area contributed by atoms with Gasteiger partial charge in [-0.05, 0) is 54.3 Å². The average Bonchev–Trinajstić information content (AvgIpc) is 2.78. The first-order valence-corrected chi connectivity index (χ1v) is 11.0. The minimum atomic E-state index is -0.479. The molecule has 1 aliphatic heterocycles. The topological polar surface area (TPSA) is 41.6 Å². The summed E-state index contributed by atoms with van der Waals surface area (Å²) in [5.41, 5.74) is 1.72. The lowest BCUT2D eigenvalue weighted by Crippen LogP contribution is -2.52. The molecule has 1 heterocycles. The lowest BCUT2D eigenvalue weighted by molar-refractivity contribution is -0.135. The number of alkyl halides is 1. The third-order valence-corrected chi connectivity index (χ3v) is 5.61. The van der Waals surface area contributed by atoms with Crippen molar-refractivity contribution in [1.29, 1.82) is 0 Å². The van der Waals surface area contributed by atoms with Crippen LogP contribution in [0.3, 0.4) is 0 Å². The summed E-state index contributed by atoms with van der Waals surface area (Å²) in [6, 6.07) is 13.5. The van der Waals surface area contributed by atoms with Crippen LogP contribution in [-0.2, 0) is 17.8 Å². The van der Waals surface area contributed by atoms with E-state index in [-0.39, 0.29) is 30.1 Å². The molecule has 2 aromatic carbocycles. The number of carbonyl (C=O) groups is 1. The molecule has 0 aliphatic carbocycles. The Bertz CT molecular complexity index is 824.